The van der Waals surface area contributed by atoms with Crippen molar-refractivity contribution in [2.75, 3.05) is 0 Å². The molecule has 0 aromatic carbocycles. The van der Waals surface area contributed by atoms with E-state index >= 15 is 0 Å². The Bertz CT molecular complexity index is 734. The number of rotatable bonds is 5. The topological polar surface area (TPSA) is 42.0 Å². The molecule has 1 N–H and O–H groups in total. The Morgan fingerprint density at radius 3 is 2.43 bits per heavy atom. The Labute approximate surface area is 143 Å². The highest BCUT2D eigenvalue weighted by atomic mass is 32.1. The van der Waals surface area contributed by atoms with Crippen LogP contribution in [0.4, 0.5) is 0 Å². The molecule has 0 bridgehead atoms. The van der Waals surface area contributed by atoms with Gasteiger partial charge in [0.25, 0.3) is 0 Å². The summed E-state index contributed by atoms with van der Waals surface area (Å²) in [6.45, 7) is 0. The first-order chi connectivity index (χ1) is 11.3. The van der Waals surface area contributed by atoms with Crippen LogP contribution in [0.2, 0.25) is 0 Å². The predicted molar refractivity (Wildman–Crippen MR) is 93.7 cm³/mol. The maximum atomic E-state index is 12.7. The molecule has 0 aliphatic heterocycles. The molecule has 0 radical (unpaired) electrons. The van der Waals surface area contributed by atoms with Crippen molar-refractivity contribution in [3.05, 3.63) is 74.9 Å². The van der Waals surface area contributed by atoms with Crippen LogP contribution in [0.3, 0.4) is 0 Å². The lowest BCUT2D eigenvalue weighted by molar-refractivity contribution is -0.122. The zero-order valence-electron chi connectivity index (χ0n) is 12.4. The van der Waals surface area contributed by atoms with E-state index in [-0.39, 0.29) is 17.9 Å². The smallest absolute Gasteiger partial charge is 0.224 e. The largest absolute Gasteiger partial charge is 0.343 e. The Morgan fingerprint density at radius 1 is 1.13 bits per heavy atom. The number of pyridine rings is 1. The molecule has 1 fully saturated rings. The predicted octanol–water partition coefficient (Wildman–Crippen LogP) is 4.21. The van der Waals surface area contributed by atoms with Gasteiger partial charge in [0.05, 0.1) is 6.04 Å². The zero-order chi connectivity index (χ0) is 15.6. The molecule has 0 saturated heterocycles. The summed E-state index contributed by atoms with van der Waals surface area (Å²) in [6, 6.07) is 12.2. The normalized spacial score (nSPS) is 19.7. The van der Waals surface area contributed by atoms with E-state index in [1.165, 1.54) is 9.75 Å². The van der Waals surface area contributed by atoms with E-state index in [1.807, 2.05) is 24.4 Å². The Hall–Kier alpha value is -1.98. The quantitative estimate of drug-likeness (QED) is 0.756. The maximum Gasteiger partial charge on any atom is 0.224 e. The first kappa shape index (κ1) is 14.6. The van der Waals surface area contributed by atoms with Gasteiger partial charge in [0.1, 0.15) is 0 Å². The molecule has 3 aromatic heterocycles. The molecular weight excluding hydrogens is 324 g/mol. The number of thiophene rings is 2. The highest BCUT2D eigenvalue weighted by Gasteiger charge is 2.44. The monoisotopic (exact) mass is 340 g/mol. The molecule has 2 atom stereocenters. The van der Waals surface area contributed by atoms with Crippen molar-refractivity contribution in [3.63, 3.8) is 0 Å². The van der Waals surface area contributed by atoms with Gasteiger partial charge >= 0.3 is 0 Å². The lowest BCUT2D eigenvalue weighted by Gasteiger charge is -2.16. The highest BCUT2D eigenvalue weighted by molar-refractivity contribution is 7.11. The molecule has 4 rings (SSSR count). The van der Waals surface area contributed by atoms with Crippen LogP contribution in [0.5, 0.6) is 0 Å². The standard InChI is InChI=1S/C18H16N2OS2/c21-18(14-10-13(14)12-4-1-7-19-11-12)20-17(15-5-2-8-22-15)16-6-3-9-23-16/h1-9,11,13-14,17H,10H2,(H,20,21). The van der Waals surface area contributed by atoms with Crippen molar-refractivity contribution in [1.29, 1.82) is 0 Å². The van der Waals surface area contributed by atoms with Gasteiger partial charge < -0.3 is 5.32 Å². The number of aromatic nitrogens is 1. The Balaban J connectivity index is 1.49. The van der Waals surface area contributed by atoms with Gasteiger partial charge in [0.2, 0.25) is 5.91 Å². The summed E-state index contributed by atoms with van der Waals surface area (Å²) in [6.07, 6.45) is 4.55. The van der Waals surface area contributed by atoms with E-state index < -0.39 is 0 Å². The van der Waals surface area contributed by atoms with Crippen molar-refractivity contribution in [2.24, 2.45) is 5.92 Å². The van der Waals surface area contributed by atoms with Crippen LogP contribution in [-0.4, -0.2) is 10.9 Å². The van der Waals surface area contributed by atoms with Crippen LogP contribution in [0.15, 0.2) is 59.6 Å². The molecule has 2 unspecified atom stereocenters. The fourth-order valence-electron chi connectivity index (χ4n) is 2.89. The Morgan fingerprint density at radius 2 is 1.87 bits per heavy atom. The van der Waals surface area contributed by atoms with Crippen molar-refractivity contribution in [1.82, 2.24) is 10.3 Å². The van der Waals surface area contributed by atoms with Crippen LogP contribution in [0.25, 0.3) is 0 Å². The molecule has 23 heavy (non-hydrogen) atoms. The summed E-state index contributed by atoms with van der Waals surface area (Å²) >= 11 is 3.36. The number of nitrogens with zero attached hydrogens (tertiary/aromatic N) is 1. The van der Waals surface area contributed by atoms with Crippen LogP contribution in [0.1, 0.15) is 33.7 Å². The summed E-state index contributed by atoms with van der Waals surface area (Å²) in [5, 5.41) is 7.35. The van der Waals surface area contributed by atoms with Gasteiger partial charge in [0, 0.05) is 28.1 Å². The fourth-order valence-corrected chi connectivity index (χ4v) is 4.55. The minimum absolute atomic E-state index is 0.0300. The average molecular weight is 340 g/mol. The number of hydrogen-bond donors (Lipinski definition) is 1. The third-order valence-electron chi connectivity index (χ3n) is 4.18. The molecule has 1 saturated carbocycles. The molecule has 5 heteroatoms. The van der Waals surface area contributed by atoms with Crippen LogP contribution >= 0.6 is 22.7 Å². The van der Waals surface area contributed by atoms with Crippen molar-refractivity contribution < 1.29 is 4.79 Å². The van der Waals surface area contributed by atoms with Gasteiger partial charge in [-0.1, -0.05) is 18.2 Å². The summed E-state index contributed by atoms with van der Waals surface area (Å²) in [5.74, 6) is 0.531. The average Bonchev–Trinajstić information content (AvgIpc) is 2.99. The summed E-state index contributed by atoms with van der Waals surface area (Å²) in [4.78, 5) is 19.2. The molecule has 1 aliphatic rings. The second-order valence-electron chi connectivity index (χ2n) is 5.71. The molecule has 1 aliphatic carbocycles. The second-order valence-corrected chi connectivity index (χ2v) is 7.67. The van der Waals surface area contributed by atoms with Crippen molar-refractivity contribution >= 4 is 28.6 Å². The maximum absolute atomic E-state index is 12.7. The summed E-state index contributed by atoms with van der Waals surface area (Å²) in [5.41, 5.74) is 1.16. The van der Waals surface area contributed by atoms with Crippen LogP contribution in [0, 0.1) is 5.92 Å². The van der Waals surface area contributed by atoms with E-state index in [0.29, 0.717) is 5.92 Å². The molecular formula is C18H16N2OS2. The number of amides is 1. The van der Waals surface area contributed by atoms with Crippen molar-refractivity contribution in [3.8, 4) is 0 Å². The molecule has 3 nitrogen and oxygen atoms in total. The SMILES string of the molecule is O=C(NC(c1cccs1)c1cccs1)C1CC1c1cccnc1. The number of hydrogen-bond acceptors (Lipinski definition) is 4. The third kappa shape index (κ3) is 3.07. The zero-order valence-corrected chi connectivity index (χ0v) is 14.0. The van der Waals surface area contributed by atoms with Gasteiger partial charge in [0.15, 0.2) is 0 Å². The molecule has 3 heterocycles. The lowest BCUT2D eigenvalue weighted by atomic mass is 10.1. The number of carbonyl (C=O) groups is 1. The highest BCUT2D eigenvalue weighted by Crippen LogP contribution is 2.47. The minimum atomic E-state index is -0.0300. The van der Waals surface area contributed by atoms with Crippen LogP contribution < -0.4 is 5.32 Å². The number of nitrogens with one attached hydrogen (secondary N) is 1. The van der Waals surface area contributed by atoms with Gasteiger partial charge in [-0.05, 0) is 46.9 Å². The molecule has 3 aromatic rings. The summed E-state index contributed by atoms with van der Waals surface area (Å²) in [7, 11) is 0. The lowest BCUT2D eigenvalue weighted by Crippen LogP contribution is -2.30. The van der Waals surface area contributed by atoms with Crippen molar-refractivity contribution in [2.45, 2.75) is 18.4 Å². The van der Waals surface area contributed by atoms with E-state index in [9.17, 15) is 4.79 Å². The van der Waals surface area contributed by atoms with Gasteiger partial charge in [-0.3, -0.25) is 9.78 Å². The van der Waals surface area contributed by atoms with Gasteiger partial charge in [-0.2, -0.15) is 0 Å². The molecule has 0 spiro atoms. The first-order valence-corrected chi connectivity index (χ1v) is 9.36. The number of carbonyl (C=O) groups excluding carboxylic acids is 1. The van der Waals surface area contributed by atoms with Gasteiger partial charge in [-0.25, -0.2) is 0 Å². The van der Waals surface area contributed by atoms with Crippen LogP contribution in [-0.2, 0) is 4.79 Å². The van der Waals surface area contributed by atoms with E-state index in [4.69, 9.17) is 0 Å². The minimum Gasteiger partial charge on any atom is -0.343 e. The molecule has 116 valence electrons. The second kappa shape index (κ2) is 6.26. The third-order valence-corrected chi connectivity index (χ3v) is 6.06. The van der Waals surface area contributed by atoms with Gasteiger partial charge in [-0.15, -0.1) is 22.7 Å². The van der Waals surface area contributed by atoms with E-state index in [2.05, 4.69) is 39.3 Å². The Kier molecular flexibility index (Phi) is 3.97. The fraction of sp³-hybridized carbons (Fsp3) is 0.222. The first-order valence-electron chi connectivity index (χ1n) is 7.60. The van der Waals surface area contributed by atoms with E-state index in [0.717, 1.165) is 12.0 Å². The molecule has 1 amide bonds. The summed E-state index contributed by atoms with van der Waals surface area (Å²) < 4.78 is 0. The van der Waals surface area contributed by atoms with E-state index in [1.54, 1.807) is 28.9 Å².